The minimum absolute atomic E-state index is 0.165. The summed E-state index contributed by atoms with van der Waals surface area (Å²) in [4.78, 5) is 14.6. The van der Waals surface area contributed by atoms with Crippen molar-refractivity contribution in [1.29, 1.82) is 0 Å². The highest BCUT2D eigenvalue weighted by Gasteiger charge is 2.26. The van der Waals surface area contributed by atoms with E-state index >= 15 is 0 Å². The summed E-state index contributed by atoms with van der Waals surface area (Å²) in [6, 6.07) is 0.405. The highest BCUT2D eigenvalue weighted by molar-refractivity contribution is 7.99. The fourth-order valence-electron chi connectivity index (χ4n) is 3.13. The molecule has 1 saturated carbocycles. The average Bonchev–Trinajstić information content (AvgIpc) is 2.88. The van der Waals surface area contributed by atoms with Crippen molar-refractivity contribution in [2.45, 2.75) is 76.4 Å². The summed E-state index contributed by atoms with van der Waals surface area (Å²) < 4.78 is 1.51. The number of hydrogen-bond donors (Lipinski definition) is 1. The smallest absolute Gasteiger partial charge is 0.233 e. The maximum atomic E-state index is 12.6. The first-order chi connectivity index (χ1) is 10.8. The lowest BCUT2D eigenvalue weighted by Gasteiger charge is -2.33. The third-order valence-electron chi connectivity index (χ3n) is 4.34. The Morgan fingerprint density at radius 3 is 2.48 bits per heavy atom. The molecule has 23 heavy (non-hydrogen) atoms. The molecule has 0 bridgehead atoms. The summed E-state index contributed by atoms with van der Waals surface area (Å²) in [5, 5.41) is 8.89. The van der Waals surface area contributed by atoms with Gasteiger partial charge in [-0.2, -0.15) is 0 Å². The van der Waals surface area contributed by atoms with E-state index in [1.165, 1.54) is 35.7 Å². The lowest BCUT2D eigenvalue weighted by atomic mass is 9.94. The number of hydrogen-bond acceptors (Lipinski definition) is 5. The second kappa shape index (κ2) is 7.55. The van der Waals surface area contributed by atoms with Gasteiger partial charge in [0.1, 0.15) is 0 Å². The van der Waals surface area contributed by atoms with E-state index in [0.717, 1.165) is 25.2 Å². The second-order valence-corrected chi connectivity index (χ2v) is 8.13. The van der Waals surface area contributed by atoms with Gasteiger partial charge in [0.25, 0.3) is 0 Å². The lowest BCUT2D eigenvalue weighted by Crippen LogP contribution is -2.42. The molecule has 2 N–H and O–H groups in total. The molecule has 1 aliphatic carbocycles. The van der Waals surface area contributed by atoms with Crippen LogP contribution in [0.1, 0.15) is 65.6 Å². The van der Waals surface area contributed by atoms with Crippen molar-refractivity contribution >= 4 is 17.7 Å². The molecule has 0 saturated heterocycles. The molecular weight excluding hydrogens is 310 g/mol. The molecule has 1 fully saturated rings. The van der Waals surface area contributed by atoms with E-state index in [9.17, 15) is 4.79 Å². The van der Waals surface area contributed by atoms with Gasteiger partial charge < -0.3 is 10.7 Å². The molecule has 1 aromatic heterocycles. The van der Waals surface area contributed by atoms with Crippen LogP contribution in [0.3, 0.4) is 0 Å². The summed E-state index contributed by atoms with van der Waals surface area (Å²) in [6.07, 6.45) is 6.02. The molecule has 0 radical (unpaired) electrons. The highest BCUT2D eigenvalue weighted by Crippen LogP contribution is 2.25. The number of nitrogens with zero attached hydrogens (tertiary/aromatic N) is 4. The van der Waals surface area contributed by atoms with Gasteiger partial charge >= 0.3 is 0 Å². The third kappa shape index (κ3) is 4.40. The Morgan fingerprint density at radius 1 is 1.30 bits per heavy atom. The predicted molar refractivity (Wildman–Crippen MR) is 93.9 cm³/mol. The third-order valence-corrected chi connectivity index (χ3v) is 5.26. The molecule has 130 valence electrons. The summed E-state index contributed by atoms with van der Waals surface area (Å²) in [7, 11) is 0. The van der Waals surface area contributed by atoms with Crippen molar-refractivity contribution in [3.8, 4) is 0 Å². The molecule has 1 amide bonds. The van der Waals surface area contributed by atoms with Gasteiger partial charge in [-0.3, -0.25) is 4.79 Å². The van der Waals surface area contributed by atoms with Gasteiger partial charge in [-0.05, 0) is 19.8 Å². The maximum Gasteiger partial charge on any atom is 0.233 e. The van der Waals surface area contributed by atoms with E-state index in [2.05, 4.69) is 17.1 Å². The normalized spacial score (nSPS) is 16.5. The Hall–Kier alpha value is -1.24. The van der Waals surface area contributed by atoms with Crippen LogP contribution in [0.4, 0.5) is 0 Å². The van der Waals surface area contributed by atoms with Gasteiger partial charge in [0.2, 0.25) is 11.1 Å². The SMILES string of the molecule is CCN(C(=O)CSc1nnc(C(C)(C)C)n1N)C1CCCCC1. The largest absolute Gasteiger partial charge is 0.339 e. The number of amides is 1. The monoisotopic (exact) mass is 339 g/mol. The van der Waals surface area contributed by atoms with Crippen LogP contribution in [0.25, 0.3) is 0 Å². The van der Waals surface area contributed by atoms with Gasteiger partial charge in [-0.15, -0.1) is 10.2 Å². The van der Waals surface area contributed by atoms with E-state index in [1.54, 1.807) is 0 Å². The Labute approximate surface area is 143 Å². The first-order valence-corrected chi connectivity index (χ1v) is 9.46. The zero-order chi connectivity index (χ0) is 17.0. The summed E-state index contributed by atoms with van der Waals surface area (Å²) in [5.41, 5.74) is -0.165. The summed E-state index contributed by atoms with van der Waals surface area (Å²) in [5.74, 6) is 7.34. The van der Waals surface area contributed by atoms with Crippen molar-refractivity contribution in [3.05, 3.63) is 5.82 Å². The molecule has 0 unspecified atom stereocenters. The van der Waals surface area contributed by atoms with E-state index < -0.39 is 0 Å². The van der Waals surface area contributed by atoms with Crippen LogP contribution in [0.2, 0.25) is 0 Å². The van der Waals surface area contributed by atoms with Crippen LogP contribution in [0, 0.1) is 0 Å². The van der Waals surface area contributed by atoms with Crippen molar-refractivity contribution < 1.29 is 4.79 Å². The zero-order valence-corrected chi connectivity index (χ0v) is 15.5. The minimum atomic E-state index is -0.165. The van der Waals surface area contributed by atoms with Crippen LogP contribution >= 0.6 is 11.8 Å². The van der Waals surface area contributed by atoms with Crippen LogP contribution in [-0.2, 0) is 10.2 Å². The van der Waals surface area contributed by atoms with E-state index in [-0.39, 0.29) is 11.3 Å². The van der Waals surface area contributed by atoms with Crippen molar-refractivity contribution in [3.63, 3.8) is 0 Å². The van der Waals surface area contributed by atoms with Crippen LogP contribution < -0.4 is 5.84 Å². The van der Waals surface area contributed by atoms with Crippen molar-refractivity contribution in [2.24, 2.45) is 0 Å². The molecular formula is C16H29N5OS. The number of nitrogen functional groups attached to an aromatic ring is 1. The summed E-state index contributed by atoms with van der Waals surface area (Å²) in [6.45, 7) is 8.96. The number of carbonyl (C=O) groups excluding carboxylic acids is 1. The van der Waals surface area contributed by atoms with Crippen LogP contribution in [0.15, 0.2) is 5.16 Å². The quantitative estimate of drug-likeness (QED) is 0.659. The van der Waals surface area contributed by atoms with E-state index in [1.807, 2.05) is 25.7 Å². The van der Waals surface area contributed by atoms with Crippen molar-refractivity contribution in [1.82, 2.24) is 19.8 Å². The van der Waals surface area contributed by atoms with Gasteiger partial charge in [-0.1, -0.05) is 51.8 Å². The number of nitrogens with two attached hydrogens (primary N) is 1. The average molecular weight is 340 g/mol. The Kier molecular flexibility index (Phi) is 5.95. The first kappa shape index (κ1) is 18.1. The van der Waals surface area contributed by atoms with Crippen molar-refractivity contribution in [2.75, 3.05) is 18.1 Å². The molecule has 0 spiro atoms. The summed E-state index contributed by atoms with van der Waals surface area (Å²) >= 11 is 1.37. The number of rotatable bonds is 5. The minimum Gasteiger partial charge on any atom is -0.339 e. The molecule has 7 heteroatoms. The van der Waals surface area contributed by atoms with E-state index in [4.69, 9.17) is 5.84 Å². The molecule has 0 atom stereocenters. The highest BCUT2D eigenvalue weighted by atomic mass is 32.2. The van der Waals surface area contributed by atoms with E-state index in [0.29, 0.717) is 17.0 Å². The Morgan fingerprint density at radius 2 is 1.96 bits per heavy atom. The van der Waals surface area contributed by atoms with Gasteiger partial charge in [0.15, 0.2) is 5.82 Å². The Balaban J connectivity index is 1.96. The molecule has 0 aliphatic heterocycles. The maximum absolute atomic E-state index is 12.6. The lowest BCUT2D eigenvalue weighted by molar-refractivity contribution is -0.131. The zero-order valence-electron chi connectivity index (χ0n) is 14.7. The molecule has 0 aromatic carbocycles. The first-order valence-electron chi connectivity index (χ1n) is 8.47. The second-order valence-electron chi connectivity index (χ2n) is 7.19. The fourth-order valence-corrected chi connectivity index (χ4v) is 3.87. The molecule has 1 aromatic rings. The van der Waals surface area contributed by atoms with Crippen LogP contribution in [-0.4, -0.2) is 44.0 Å². The topological polar surface area (TPSA) is 77.0 Å². The predicted octanol–water partition coefficient (Wildman–Crippen LogP) is 2.56. The standard InChI is InChI=1S/C16H29N5OS/c1-5-20(12-9-7-6-8-10-12)13(22)11-23-15-19-18-14(21(15)17)16(2,3)4/h12H,5-11,17H2,1-4H3. The molecule has 1 heterocycles. The molecule has 6 nitrogen and oxygen atoms in total. The number of thioether (sulfide) groups is 1. The fraction of sp³-hybridized carbons (Fsp3) is 0.812. The molecule has 2 rings (SSSR count). The number of aromatic nitrogens is 3. The van der Waals surface area contributed by atoms with Gasteiger partial charge in [0.05, 0.1) is 5.75 Å². The number of carbonyl (C=O) groups is 1. The van der Waals surface area contributed by atoms with Gasteiger partial charge in [0, 0.05) is 18.0 Å². The Bertz CT molecular complexity index is 531. The van der Waals surface area contributed by atoms with Gasteiger partial charge in [-0.25, -0.2) is 4.68 Å². The van der Waals surface area contributed by atoms with Crippen LogP contribution in [0.5, 0.6) is 0 Å². The molecule has 1 aliphatic rings.